The highest BCUT2D eigenvalue weighted by Gasteiger charge is 2.08. The van der Waals surface area contributed by atoms with Gasteiger partial charge in [0.25, 0.3) is 0 Å². The van der Waals surface area contributed by atoms with Gasteiger partial charge in [-0.05, 0) is 31.0 Å². The molecule has 0 radical (unpaired) electrons. The molecule has 2 rings (SSSR count). The number of anilines is 4. The Labute approximate surface area is 119 Å². The fourth-order valence-electron chi connectivity index (χ4n) is 1.98. The quantitative estimate of drug-likeness (QED) is 0.875. The summed E-state index contributed by atoms with van der Waals surface area (Å²) in [6.07, 6.45) is 1.04. The van der Waals surface area contributed by atoms with Crippen molar-refractivity contribution in [1.82, 2.24) is 9.97 Å². The summed E-state index contributed by atoms with van der Waals surface area (Å²) in [5.41, 5.74) is 8.15. The minimum absolute atomic E-state index is 0.274. The molecule has 0 atom stereocenters. The first-order chi connectivity index (χ1) is 9.63. The van der Waals surface area contributed by atoms with Gasteiger partial charge in [-0.15, -0.1) is 0 Å². The first-order valence-corrected chi connectivity index (χ1v) is 6.85. The van der Waals surface area contributed by atoms with Gasteiger partial charge in [0.1, 0.15) is 11.6 Å². The molecular weight excluding hydrogens is 250 g/mol. The van der Waals surface area contributed by atoms with Crippen LogP contribution in [0.4, 0.5) is 23.3 Å². The van der Waals surface area contributed by atoms with E-state index in [0.717, 1.165) is 30.3 Å². The zero-order valence-corrected chi connectivity index (χ0v) is 12.2. The fraction of sp³-hybridized carbons (Fsp3) is 0.333. The van der Waals surface area contributed by atoms with Crippen molar-refractivity contribution in [2.45, 2.75) is 20.3 Å². The monoisotopic (exact) mass is 271 g/mol. The van der Waals surface area contributed by atoms with Crippen LogP contribution < -0.4 is 16.0 Å². The highest BCUT2D eigenvalue weighted by molar-refractivity contribution is 5.63. The second-order valence-electron chi connectivity index (χ2n) is 4.58. The van der Waals surface area contributed by atoms with Crippen LogP contribution in [0.2, 0.25) is 0 Å². The Balaban J connectivity index is 2.29. The Bertz CT molecular complexity index is 565. The zero-order valence-electron chi connectivity index (χ0n) is 12.2. The van der Waals surface area contributed by atoms with Crippen molar-refractivity contribution >= 4 is 23.3 Å². The van der Waals surface area contributed by atoms with Crippen LogP contribution in [0.25, 0.3) is 0 Å². The SMILES string of the molecule is CCNc1cc(N(C)c2ccc(CC)cc2)nc(N)n1. The summed E-state index contributed by atoms with van der Waals surface area (Å²) in [5.74, 6) is 1.79. The maximum absolute atomic E-state index is 5.76. The van der Waals surface area contributed by atoms with E-state index in [1.807, 2.05) is 24.9 Å². The molecule has 1 heterocycles. The van der Waals surface area contributed by atoms with Crippen LogP contribution in [-0.2, 0) is 6.42 Å². The summed E-state index contributed by atoms with van der Waals surface area (Å²) >= 11 is 0. The molecule has 0 unspecified atom stereocenters. The number of nitrogens with two attached hydrogens (primary N) is 1. The smallest absolute Gasteiger partial charge is 0.223 e. The van der Waals surface area contributed by atoms with Gasteiger partial charge in [0.05, 0.1) is 0 Å². The van der Waals surface area contributed by atoms with Crippen molar-refractivity contribution in [3.8, 4) is 0 Å². The standard InChI is InChI=1S/C15H21N5/c1-4-11-6-8-12(9-7-11)20(3)14-10-13(17-5-2)18-15(16)19-14/h6-10H,4-5H2,1-3H3,(H3,16,17,18,19). The second kappa shape index (κ2) is 6.23. The molecule has 0 saturated heterocycles. The second-order valence-corrected chi connectivity index (χ2v) is 4.58. The third-order valence-electron chi connectivity index (χ3n) is 3.16. The molecule has 0 saturated carbocycles. The van der Waals surface area contributed by atoms with Crippen LogP contribution in [0.15, 0.2) is 30.3 Å². The molecule has 106 valence electrons. The van der Waals surface area contributed by atoms with Gasteiger partial charge >= 0.3 is 0 Å². The molecule has 5 nitrogen and oxygen atoms in total. The largest absolute Gasteiger partial charge is 0.370 e. The first kappa shape index (κ1) is 14.1. The first-order valence-electron chi connectivity index (χ1n) is 6.85. The van der Waals surface area contributed by atoms with Gasteiger partial charge in [-0.25, -0.2) is 0 Å². The molecule has 20 heavy (non-hydrogen) atoms. The number of nitrogens with zero attached hydrogens (tertiary/aromatic N) is 3. The summed E-state index contributed by atoms with van der Waals surface area (Å²) in [5, 5.41) is 3.16. The van der Waals surface area contributed by atoms with E-state index in [-0.39, 0.29) is 5.95 Å². The van der Waals surface area contributed by atoms with Crippen molar-refractivity contribution < 1.29 is 0 Å². The minimum Gasteiger partial charge on any atom is -0.370 e. The van der Waals surface area contributed by atoms with Crippen molar-refractivity contribution in [2.75, 3.05) is 29.5 Å². The van der Waals surface area contributed by atoms with Gasteiger partial charge in [0, 0.05) is 25.3 Å². The van der Waals surface area contributed by atoms with Gasteiger partial charge in [-0.3, -0.25) is 0 Å². The zero-order chi connectivity index (χ0) is 14.5. The van der Waals surface area contributed by atoms with Crippen LogP contribution in [0.5, 0.6) is 0 Å². The summed E-state index contributed by atoms with van der Waals surface area (Å²) in [6, 6.07) is 10.3. The lowest BCUT2D eigenvalue weighted by atomic mass is 10.1. The summed E-state index contributed by atoms with van der Waals surface area (Å²) in [7, 11) is 1.97. The molecule has 1 aromatic heterocycles. The summed E-state index contributed by atoms with van der Waals surface area (Å²) in [4.78, 5) is 10.4. The minimum atomic E-state index is 0.274. The molecule has 1 aromatic carbocycles. The highest BCUT2D eigenvalue weighted by Crippen LogP contribution is 2.24. The van der Waals surface area contributed by atoms with Gasteiger partial charge in [0.2, 0.25) is 5.95 Å². The number of nitrogens with one attached hydrogen (secondary N) is 1. The van der Waals surface area contributed by atoms with Crippen molar-refractivity contribution in [3.05, 3.63) is 35.9 Å². The lowest BCUT2D eigenvalue weighted by Gasteiger charge is -2.19. The average molecular weight is 271 g/mol. The van der Waals surface area contributed by atoms with Gasteiger partial charge < -0.3 is 16.0 Å². The number of aryl methyl sites for hydroxylation is 1. The van der Waals surface area contributed by atoms with Crippen LogP contribution in [0.3, 0.4) is 0 Å². The molecule has 0 aliphatic carbocycles. The molecule has 0 bridgehead atoms. The van der Waals surface area contributed by atoms with E-state index in [9.17, 15) is 0 Å². The molecule has 0 spiro atoms. The third-order valence-corrected chi connectivity index (χ3v) is 3.16. The number of aromatic nitrogens is 2. The van der Waals surface area contributed by atoms with Gasteiger partial charge in [-0.1, -0.05) is 19.1 Å². The van der Waals surface area contributed by atoms with E-state index in [1.54, 1.807) is 0 Å². The fourth-order valence-corrected chi connectivity index (χ4v) is 1.98. The molecule has 0 aliphatic heterocycles. The Hall–Kier alpha value is -2.30. The molecule has 5 heteroatoms. The Morgan fingerprint density at radius 2 is 1.85 bits per heavy atom. The molecule has 0 amide bonds. The van der Waals surface area contributed by atoms with Crippen molar-refractivity contribution in [1.29, 1.82) is 0 Å². The molecule has 3 N–H and O–H groups in total. The van der Waals surface area contributed by atoms with E-state index < -0.39 is 0 Å². The van der Waals surface area contributed by atoms with E-state index >= 15 is 0 Å². The number of nitrogen functional groups attached to an aromatic ring is 1. The molecular formula is C15H21N5. The maximum Gasteiger partial charge on any atom is 0.223 e. The molecule has 2 aromatic rings. The lowest BCUT2D eigenvalue weighted by molar-refractivity contribution is 1.07. The van der Waals surface area contributed by atoms with Crippen molar-refractivity contribution in [2.24, 2.45) is 0 Å². The Kier molecular flexibility index (Phi) is 4.40. The Morgan fingerprint density at radius 1 is 1.15 bits per heavy atom. The van der Waals surface area contributed by atoms with Crippen molar-refractivity contribution in [3.63, 3.8) is 0 Å². The number of rotatable bonds is 5. The summed E-state index contributed by atoms with van der Waals surface area (Å²) in [6.45, 7) is 4.96. The maximum atomic E-state index is 5.76. The summed E-state index contributed by atoms with van der Waals surface area (Å²) < 4.78 is 0. The average Bonchev–Trinajstić information content (AvgIpc) is 2.46. The topological polar surface area (TPSA) is 67.1 Å². The molecule has 0 aliphatic rings. The lowest BCUT2D eigenvalue weighted by Crippen LogP contribution is -2.14. The number of hydrogen-bond acceptors (Lipinski definition) is 5. The van der Waals surface area contributed by atoms with Crippen LogP contribution in [0.1, 0.15) is 19.4 Å². The van der Waals surface area contributed by atoms with E-state index in [2.05, 4.69) is 46.5 Å². The van der Waals surface area contributed by atoms with Gasteiger partial charge in [-0.2, -0.15) is 9.97 Å². The Morgan fingerprint density at radius 3 is 2.45 bits per heavy atom. The number of hydrogen-bond donors (Lipinski definition) is 2. The predicted octanol–water partition coefficient (Wildman–Crippen LogP) is 2.82. The van der Waals surface area contributed by atoms with Crippen LogP contribution in [-0.4, -0.2) is 23.6 Å². The predicted molar refractivity (Wildman–Crippen MR) is 84.5 cm³/mol. The van der Waals surface area contributed by atoms with E-state index in [4.69, 9.17) is 5.73 Å². The van der Waals surface area contributed by atoms with E-state index in [1.165, 1.54) is 5.56 Å². The van der Waals surface area contributed by atoms with Crippen LogP contribution in [0, 0.1) is 0 Å². The highest BCUT2D eigenvalue weighted by atomic mass is 15.2. The van der Waals surface area contributed by atoms with Gasteiger partial charge in [0.15, 0.2) is 0 Å². The van der Waals surface area contributed by atoms with E-state index in [0.29, 0.717) is 0 Å². The normalized spacial score (nSPS) is 10.3. The molecule has 0 fully saturated rings. The third kappa shape index (κ3) is 3.17. The van der Waals surface area contributed by atoms with Crippen LogP contribution >= 0.6 is 0 Å². The number of benzene rings is 1.